The van der Waals surface area contributed by atoms with Crippen LogP contribution < -0.4 is 10.6 Å². The van der Waals surface area contributed by atoms with E-state index in [9.17, 15) is 10.1 Å². The first-order valence-electron chi connectivity index (χ1n) is 6.01. The van der Waals surface area contributed by atoms with Crippen molar-refractivity contribution in [3.05, 3.63) is 34.4 Å². The van der Waals surface area contributed by atoms with E-state index in [4.69, 9.17) is 0 Å². The van der Waals surface area contributed by atoms with E-state index in [1.165, 1.54) is 12.1 Å². The van der Waals surface area contributed by atoms with Crippen molar-refractivity contribution in [3.63, 3.8) is 0 Å². The highest BCUT2D eigenvalue weighted by Crippen LogP contribution is 2.20. The summed E-state index contributed by atoms with van der Waals surface area (Å²) >= 11 is 0. The largest absolute Gasteiger partial charge is 0.373 e. The Morgan fingerprint density at radius 2 is 2.15 bits per heavy atom. The topological polar surface area (TPSA) is 111 Å². The zero-order valence-electron chi connectivity index (χ0n) is 11.2. The highest BCUT2D eigenvalue weighted by molar-refractivity contribution is 5.54. The van der Waals surface area contributed by atoms with Crippen molar-refractivity contribution in [2.45, 2.75) is 6.42 Å². The molecule has 0 spiro atoms. The van der Waals surface area contributed by atoms with E-state index in [0.29, 0.717) is 30.4 Å². The zero-order valence-corrected chi connectivity index (χ0v) is 11.2. The van der Waals surface area contributed by atoms with Gasteiger partial charge < -0.3 is 10.6 Å². The first-order chi connectivity index (χ1) is 9.58. The molecule has 0 saturated carbocycles. The van der Waals surface area contributed by atoms with Gasteiger partial charge in [0.05, 0.1) is 17.1 Å². The third-order valence-electron chi connectivity index (χ3n) is 2.58. The standard InChI is InChI=1S/C11H15N7O2/c1-12-10-5-8(18(19)20)6-11(15-10)13-4-3-9-14-7-17(2)16-9/h5-7H,3-4H2,1-2H3,(H2,12,13,15). The van der Waals surface area contributed by atoms with Gasteiger partial charge in [0.15, 0.2) is 5.82 Å². The monoisotopic (exact) mass is 277 g/mol. The molecule has 0 aromatic carbocycles. The molecular weight excluding hydrogens is 262 g/mol. The normalized spacial score (nSPS) is 10.3. The van der Waals surface area contributed by atoms with Crippen LogP contribution in [-0.4, -0.2) is 38.3 Å². The molecule has 2 N–H and O–H groups in total. The number of aromatic nitrogens is 4. The summed E-state index contributed by atoms with van der Waals surface area (Å²) < 4.78 is 1.63. The lowest BCUT2D eigenvalue weighted by molar-refractivity contribution is -0.384. The van der Waals surface area contributed by atoms with Crippen LogP contribution in [0.25, 0.3) is 0 Å². The first kappa shape index (κ1) is 13.7. The van der Waals surface area contributed by atoms with Gasteiger partial charge in [-0.15, -0.1) is 0 Å². The average Bonchev–Trinajstić information content (AvgIpc) is 2.84. The number of aryl methyl sites for hydroxylation is 1. The highest BCUT2D eigenvalue weighted by atomic mass is 16.6. The summed E-state index contributed by atoms with van der Waals surface area (Å²) in [6, 6.07) is 2.78. The minimum Gasteiger partial charge on any atom is -0.373 e. The molecule has 0 unspecified atom stereocenters. The second kappa shape index (κ2) is 5.95. The number of rotatable bonds is 6. The first-order valence-corrected chi connectivity index (χ1v) is 6.01. The number of pyridine rings is 1. The van der Waals surface area contributed by atoms with Gasteiger partial charge in [0.1, 0.15) is 18.0 Å². The van der Waals surface area contributed by atoms with Crippen LogP contribution >= 0.6 is 0 Å². The van der Waals surface area contributed by atoms with Crippen molar-refractivity contribution >= 4 is 17.3 Å². The van der Waals surface area contributed by atoms with Crippen LogP contribution in [0.1, 0.15) is 5.82 Å². The second-order valence-corrected chi connectivity index (χ2v) is 4.11. The fourth-order valence-electron chi connectivity index (χ4n) is 1.64. The van der Waals surface area contributed by atoms with E-state index >= 15 is 0 Å². The summed E-state index contributed by atoms with van der Waals surface area (Å²) in [5.74, 6) is 1.59. The summed E-state index contributed by atoms with van der Waals surface area (Å²) in [4.78, 5) is 18.7. The minimum absolute atomic E-state index is 0.0113. The van der Waals surface area contributed by atoms with E-state index in [-0.39, 0.29) is 5.69 Å². The quantitative estimate of drug-likeness (QED) is 0.593. The third-order valence-corrected chi connectivity index (χ3v) is 2.58. The lowest BCUT2D eigenvalue weighted by Gasteiger charge is -2.06. The molecular formula is C11H15N7O2. The maximum atomic E-state index is 10.8. The van der Waals surface area contributed by atoms with Gasteiger partial charge in [0.25, 0.3) is 5.69 Å². The van der Waals surface area contributed by atoms with Gasteiger partial charge in [-0.05, 0) is 0 Å². The molecule has 2 aromatic heterocycles. The number of hydrogen-bond donors (Lipinski definition) is 2. The molecule has 0 fully saturated rings. The third kappa shape index (κ3) is 3.40. The molecule has 2 heterocycles. The predicted octanol–water partition coefficient (Wildman–Crippen LogP) is 0.815. The van der Waals surface area contributed by atoms with Gasteiger partial charge in [0, 0.05) is 27.1 Å². The smallest absolute Gasteiger partial charge is 0.276 e. The molecule has 0 radical (unpaired) electrons. The van der Waals surface area contributed by atoms with E-state index in [1.807, 2.05) is 0 Å². The van der Waals surface area contributed by atoms with Crippen molar-refractivity contribution in [1.29, 1.82) is 0 Å². The molecule has 9 heteroatoms. The number of anilines is 2. The fraction of sp³-hybridized carbons (Fsp3) is 0.364. The highest BCUT2D eigenvalue weighted by Gasteiger charge is 2.10. The fourth-order valence-corrected chi connectivity index (χ4v) is 1.64. The Morgan fingerprint density at radius 1 is 1.40 bits per heavy atom. The number of nitro groups is 1. The molecule has 2 rings (SSSR count). The lowest BCUT2D eigenvalue weighted by Crippen LogP contribution is -2.09. The van der Waals surface area contributed by atoms with Crippen molar-refractivity contribution in [3.8, 4) is 0 Å². The molecule has 0 aliphatic carbocycles. The number of nitrogens with zero attached hydrogens (tertiary/aromatic N) is 5. The van der Waals surface area contributed by atoms with Crippen LogP contribution in [-0.2, 0) is 13.5 Å². The SMILES string of the molecule is CNc1cc([N+](=O)[O-])cc(NCCc2ncn(C)n2)n1. The predicted molar refractivity (Wildman–Crippen MR) is 73.6 cm³/mol. The summed E-state index contributed by atoms with van der Waals surface area (Å²) in [5.41, 5.74) is -0.0113. The zero-order chi connectivity index (χ0) is 14.5. The van der Waals surface area contributed by atoms with Crippen LogP contribution in [0.3, 0.4) is 0 Å². The Hall–Kier alpha value is -2.71. The molecule has 0 amide bonds. The van der Waals surface area contributed by atoms with E-state index in [1.54, 1.807) is 25.1 Å². The van der Waals surface area contributed by atoms with Gasteiger partial charge in [-0.3, -0.25) is 14.8 Å². The molecule has 106 valence electrons. The van der Waals surface area contributed by atoms with Gasteiger partial charge >= 0.3 is 0 Å². The van der Waals surface area contributed by atoms with E-state index < -0.39 is 4.92 Å². The van der Waals surface area contributed by atoms with E-state index in [2.05, 4.69) is 25.7 Å². The van der Waals surface area contributed by atoms with Crippen molar-refractivity contribution in [2.24, 2.45) is 7.05 Å². The Bertz CT molecular complexity index is 611. The average molecular weight is 277 g/mol. The van der Waals surface area contributed by atoms with Gasteiger partial charge in [0.2, 0.25) is 0 Å². The van der Waals surface area contributed by atoms with Crippen LogP contribution in [0, 0.1) is 10.1 Å². The van der Waals surface area contributed by atoms with Crippen LogP contribution in [0.2, 0.25) is 0 Å². The lowest BCUT2D eigenvalue weighted by atomic mass is 10.3. The second-order valence-electron chi connectivity index (χ2n) is 4.11. The van der Waals surface area contributed by atoms with Crippen molar-refractivity contribution in [2.75, 3.05) is 24.2 Å². The Labute approximate surface area is 115 Å². The van der Waals surface area contributed by atoms with Gasteiger partial charge in [-0.25, -0.2) is 9.97 Å². The number of nitrogens with one attached hydrogen (secondary N) is 2. The molecule has 0 saturated heterocycles. The van der Waals surface area contributed by atoms with Gasteiger partial charge in [-0.2, -0.15) is 5.10 Å². The Morgan fingerprint density at radius 3 is 2.75 bits per heavy atom. The van der Waals surface area contributed by atoms with Crippen LogP contribution in [0.4, 0.5) is 17.3 Å². The molecule has 20 heavy (non-hydrogen) atoms. The molecule has 2 aromatic rings. The molecule has 0 atom stereocenters. The maximum Gasteiger partial charge on any atom is 0.276 e. The maximum absolute atomic E-state index is 10.8. The Balaban J connectivity index is 2.01. The van der Waals surface area contributed by atoms with Crippen LogP contribution in [0.5, 0.6) is 0 Å². The van der Waals surface area contributed by atoms with Crippen LogP contribution in [0.15, 0.2) is 18.5 Å². The summed E-state index contributed by atoms with van der Waals surface area (Å²) in [7, 11) is 3.46. The summed E-state index contributed by atoms with van der Waals surface area (Å²) in [6.45, 7) is 0.543. The molecule has 0 bridgehead atoms. The summed E-state index contributed by atoms with van der Waals surface area (Å²) in [5, 5.41) is 20.8. The van der Waals surface area contributed by atoms with Crippen molar-refractivity contribution in [1.82, 2.24) is 19.7 Å². The van der Waals surface area contributed by atoms with Gasteiger partial charge in [-0.1, -0.05) is 0 Å². The van der Waals surface area contributed by atoms with E-state index in [0.717, 1.165) is 0 Å². The molecule has 0 aliphatic heterocycles. The Kier molecular flexibility index (Phi) is 4.08. The van der Waals surface area contributed by atoms with Crippen molar-refractivity contribution < 1.29 is 4.92 Å². The summed E-state index contributed by atoms with van der Waals surface area (Å²) in [6.07, 6.45) is 2.24. The number of hydrogen-bond acceptors (Lipinski definition) is 7. The molecule has 0 aliphatic rings. The molecule has 9 nitrogen and oxygen atoms in total. The minimum atomic E-state index is -0.450.